The van der Waals surface area contributed by atoms with E-state index in [-0.39, 0.29) is 30.2 Å². The Morgan fingerprint density at radius 1 is 0.905 bits per heavy atom. The number of carbonyl (C=O) groups excluding carboxylic acids is 4. The normalized spacial score (nSPS) is 24.3. The molecule has 3 fully saturated rings. The molecule has 0 bridgehead atoms. The van der Waals surface area contributed by atoms with Crippen molar-refractivity contribution >= 4 is 69.4 Å². The molecule has 2 aliphatic heterocycles. The smallest absolute Gasteiger partial charge is 0.417 e. The van der Waals surface area contributed by atoms with E-state index in [4.69, 9.17) is 32.4 Å². The predicted octanol–water partition coefficient (Wildman–Crippen LogP) is 9.12. The molecule has 17 heteroatoms. The molecule has 12 nitrogen and oxygen atoms in total. The second kappa shape index (κ2) is 14.7. The second-order valence-corrected chi connectivity index (χ2v) is 16.7. The number of hydrogen-bond acceptors (Lipinski definition) is 10. The molecule has 6 aromatic rings. The number of phenols is 1. The van der Waals surface area contributed by atoms with E-state index in [0.717, 1.165) is 4.90 Å². The van der Waals surface area contributed by atoms with Crippen LogP contribution in [0, 0.1) is 23.7 Å². The van der Waals surface area contributed by atoms with Crippen LogP contribution in [0.3, 0.4) is 0 Å². The third-order valence-electron chi connectivity index (χ3n) is 12.8. The average molecular weight is 895 g/mol. The van der Waals surface area contributed by atoms with E-state index >= 15 is 4.79 Å². The topological polar surface area (TPSA) is 155 Å². The molecule has 4 aromatic carbocycles. The average Bonchev–Trinajstić information content (AvgIpc) is 3.88. The van der Waals surface area contributed by atoms with Crippen molar-refractivity contribution < 1.29 is 46.6 Å². The van der Waals surface area contributed by atoms with Crippen molar-refractivity contribution in [3.63, 3.8) is 0 Å². The molecule has 6 unspecified atom stereocenters. The minimum absolute atomic E-state index is 0.0886. The fourth-order valence-corrected chi connectivity index (χ4v) is 10.4. The molecule has 0 radical (unpaired) electrons. The summed E-state index contributed by atoms with van der Waals surface area (Å²) in [4.78, 5) is 69.1. The summed E-state index contributed by atoms with van der Waals surface area (Å²) >= 11 is 12.7. The maximum Gasteiger partial charge on any atom is 0.417 e. The number of benzene rings is 4. The highest BCUT2D eigenvalue weighted by molar-refractivity contribution is 6.33. The highest BCUT2D eigenvalue weighted by Crippen LogP contribution is 2.64. The van der Waals surface area contributed by atoms with E-state index in [0.29, 0.717) is 67.2 Å². The number of pyridine rings is 1. The fraction of sp³-hybridized carbons (Fsp3) is 0.217. The lowest BCUT2D eigenvalue weighted by Gasteiger charge is -2.50. The number of phenolic OH excluding ortho intramolecular Hbond substituents is 1. The molecule has 0 spiro atoms. The summed E-state index contributed by atoms with van der Waals surface area (Å²) in [5, 5.41) is 11.7. The molecule has 2 N–H and O–H groups in total. The van der Waals surface area contributed by atoms with Gasteiger partial charge >= 0.3 is 6.18 Å². The second-order valence-electron chi connectivity index (χ2n) is 15.9. The van der Waals surface area contributed by atoms with Crippen molar-refractivity contribution in [2.24, 2.45) is 23.7 Å². The number of allylic oxidation sites excluding steroid dienone is 2. The molecule has 2 aliphatic carbocycles. The number of imide groups is 2. The molecule has 2 saturated heterocycles. The van der Waals surface area contributed by atoms with Crippen LogP contribution in [0.1, 0.15) is 35.4 Å². The zero-order chi connectivity index (χ0) is 44.1. The van der Waals surface area contributed by atoms with Gasteiger partial charge in [-0.25, -0.2) is 9.97 Å². The number of methoxy groups -OCH3 is 1. The van der Waals surface area contributed by atoms with E-state index in [2.05, 4.69) is 15.4 Å². The van der Waals surface area contributed by atoms with Crippen LogP contribution in [0.2, 0.25) is 10.0 Å². The van der Waals surface area contributed by atoms with Crippen molar-refractivity contribution in [3.8, 4) is 23.0 Å². The Labute approximate surface area is 365 Å². The number of carbonyl (C=O) groups is 4. The van der Waals surface area contributed by atoms with E-state index < -0.39 is 75.4 Å². The van der Waals surface area contributed by atoms with Gasteiger partial charge < -0.3 is 14.3 Å². The zero-order valence-corrected chi connectivity index (χ0v) is 34.3. The minimum Gasteiger partial charge on any atom is -0.504 e. The fourth-order valence-electron chi connectivity index (χ4n) is 10.0. The summed E-state index contributed by atoms with van der Waals surface area (Å²) in [5.74, 6) is -7.47. The van der Waals surface area contributed by atoms with Crippen molar-refractivity contribution in [1.82, 2.24) is 15.0 Å². The number of halogens is 5. The van der Waals surface area contributed by atoms with Crippen LogP contribution in [-0.4, -0.2) is 50.8 Å². The molecule has 63 heavy (non-hydrogen) atoms. The number of hydrazine groups is 1. The highest BCUT2D eigenvalue weighted by Gasteiger charge is 2.70. The van der Waals surface area contributed by atoms with Crippen molar-refractivity contribution in [2.45, 2.75) is 30.4 Å². The van der Waals surface area contributed by atoms with Crippen molar-refractivity contribution in [3.05, 3.63) is 142 Å². The molecular weight excluding hydrogens is 862 g/mol. The number of aromatic nitrogens is 2. The van der Waals surface area contributed by atoms with Crippen LogP contribution in [-0.2, 0) is 30.8 Å². The largest absolute Gasteiger partial charge is 0.504 e. The lowest BCUT2D eigenvalue weighted by Crippen LogP contribution is -2.53. The molecular formula is C46H32Cl2F3N5O7. The van der Waals surface area contributed by atoms with Gasteiger partial charge in [-0.05, 0) is 96.6 Å². The number of alkyl halides is 3. The first kappa shape index (κ1) is 40.4. The molecule has 4 heterocycles. The summed E-state index contributed by atoms with van der Waals surface area (Å²) in [6, 6.07) is 25.6. The Bertz CT molecular complexity index is 2910. The maximum absolute atomic E-state index is 15.4. The maximum atomic E-state index is 15.4. The van der Waals surface area contributed by atoms with Crippen LogP contribution >= 0.6 is 23.2 Å². The van der Waals surface area contributed by atoms with Gasteiger partial charge in [0.1, 0.15) is 5.52 Å². The van der Waals surface area contributed by atoms with Crippen molar-refractivity contribution in [2.75, 3.05) is 17.4 Å². The van der Waals surface area contributed by atoms with E-state index in [9.17, 15) is 32.7 Å². The summed E-state index contributed by atoms with van der Waals surface area (Å²) in [5.41, 5.74) is 3.25. The van der Waals surface area contributed by atoms with Gasteiger partial charge in [-0.2, -0.15) is 18.2 Å². The Kier molecular flexibility index (Phi) is 9.42. The van der Waals surface area contributed by atoms with Gasteiger partial charge in [-0.15, -0.1) is 0 Å². The van der Waals surface area contributed by atoms with E-state index in [1.165, 1.54) is 19.2 Å². The van der Waals surface area contributed by atoms with E-state index in [1.54, 1.807) is 60.7 Å². The molecule has 6 atom stereocenters. The monoisotopic (exact) mass is 893 g/mol. The third kappa shape index (κ3) is 6.19. The number of ether oxygens (including phenoxy) is 1. The number of oxazole rings is 1. The standard InChI is InChI=1S/C46H32Cl2F3N5O7/c1-62-36-17-8-23(18-34(36)57)38-28-15-16-29-37(43(60)55(41(29)58)27-13-6-22(7-14-27)40-53-33-4-2-3-5-35(33)63-40)30(28)20-31-42(59)56(44(61)45(31,38)24-9-11-26(47)12-10-24)54-39-32(48)19-25(21-52-39)46(49,50)51/h2-15,17-19,21,29-31,37-38,57H,16,20H2,1H3,(H,52,54). The van der Waals surface area contributed by atoms with Gasteiger partial charge in [0.2, 0.25) is 17.7 Å². The summed E-state index contributed by atoms with van der Waals surface area (Å²) in [7, 11) is 1.38. The first-order valence-corrected chi connectivity index (χ1v) is 20.5. The molecule has 2 aromatic heterocycles. The number of aromatic hydroxyl groups is 1. The number of rotatable bonds is 7. The number of hydrogen-bond donors (Lipinski definition) is 2. The quantitative estimate of drug-likeness (QED) is 0.117. The molecule has 4 aliphatic rings. The lowest BCUT2D eigenvalue weighted by atomic mass is 9.49. The van der Waals surface area contributed by atoms with E-state index in [1.807, 2.05) is 24.3 Å². The summed E-state index contributed by atoms with van der Waals surface area (Å²) in [6.07, 6.45) is -2.37. The Hall–Kier alpha value is -6.71. The summed E-state index contributed by atoms with van der Waals surface area (Å²) < 4.78 is 52.0. The first-order valence-electron chi connectivity index (χ1n) is 19.7. The lowest BCUT2D eigenvalue weighted by molar-refractivity contribution is -0.139. The van der Waals surface area contributed by atoms with Gasteiger partial charge in [0.15, 0.2) is 22.9 Å². The van der Waals surface area contributed by atoms with Crippen LogP contribution in [0.4, 0.5) is 24.7 Å². The van der Waals surface area contributed by atoms with Gasteiger partial charge in [0, 0.05) is 22.7 Å². The van der Waals surface area contributed by atoms with Gasteiger partial charge in [-0.1, -0.05) is 65.2 Å². The number of nitrogens with one attached hydrogen (secondary N) is 1. The van der Waals surface area contributed by atoms with Crippen LogP contribution in [0.5, 0.6) is 11.5 Å². The zero-order valence-electron chi connectivity index (χ0n) is 32.8. The predicted molar refractivity (Wildman–Crippen MR) is 223 cm³/mol. The number of amides is 4. The minimum atomic E-state index is -4.77. The van der Waals surface area contributed by atoms with Crippen LogP contribution in [0.15, 0.2) is 119 Å². The van der Waals surface area contributed by atoms with Gasteiger partial charge in [0.25, 0.3) is 11.8 Å². The SMILES string of the molecule is COc1ccc(C2C3=CCC4C(=O)N(c5ccc(-c6nc7ccccc7o6)cc5)C(=O)C4C3CC3C(=O)N(Nc4ncc(C(F)(F)F)cc4Cl)C(=O)C32c2ccc(Cl)cc2)cc1O. The summed E-state index contributed by atoms with van der Waals surface area (Å²) in [6.45, 7) is 0. The van der Waals surface area contributed by atoms with Gasteiger partial charge in [0.05, 0.1) is 46.6 Å². The molecule has 10 rings (SSSR count). The highest BCUT2D eigenvalue weighted by atomic mass is 35.5. The van der Waals surface area contributed by atoms with Crippen LogP contribution in [0.25, 0.3) is 22.6 Å². The first-order chi connectivity index (χ1) is 30.2. The van der Waals surface area contributed by atoms with Crippen molar-refractivity contribution in [1.29, 1.82) is 0 Å². The van der Waals surface area contributed by atoms with Crippen LogP contribution < -0.4 is 15.1 Å². The molecule has 1 saturated carbocycles. The molecule has 318 valence electrons. The Morgan fingerprint density at radius 2 is 1.65 bits per heavy atom. The number of anilines is 2. The number of para-hydroxylation sites is 2. The molecule has 4 amide bonds. The third-order valence-corrected chi connectivity index (χ3v) is 13.3. The van der Waals surface area contributed by atoms with Gasteiger partial charge in [-0.3, -0.25) is 29.5 Å². The Morgan fingerprint density at radius 3 is 2.33 bits per heavy atom. The number of nitrogens with zero attached hydrogens (tertiary/aromatic N) is 4. The number of fused-ring (bicyclic) bond motifs is 5. The Balaban J connectivity index is 1.08.